The summed E-state index contributed by atoms with van der Waals surface area (Å²) in [4.78, 5) is 29.6. The number of carbonyl (C=O) groups excluding carboxylic acids is 1. The molecule has 6 heteroatoms. The monoisotopic (exact) mass is 406 g/mol. The van der Waals surface area contributed by atoms with E-state index in [9.17, 15) is 14.9 Å². The Hall–Kier alpha value is -4.50. The molecule has 4 aromatic rings. The second kappa shape index (κ2) is 8.47. The van der Waals surface area contributed by atoms with Crippen LogP contribution in [0.4, 0.5) is 5.69 Å². The summed E-state index contributed by atoms with van der Waals surface area (Å²) >= 11 is 0. The van der Waals surface area contributed by atoms with Gasteiger partial charge in [0.2, 0.25) is 5.91 Å². The van der Waals surface area contributed by atoms with E-state index < -0.39 is 0 Å². The van der Waals surface area contributed by atoms with E-state index in [0.29, 0.717) is 39.3 Å². The van der Waals surface area contributed by atoms with Crippen LogP contribution < -0.4 is 10.9 Å². The van der Waals surface area contributed by atoms with Crippen molar-refractivity contribution < 1.29 is 4.79 Å². The molecule has 0 bridgehead atoms. The fraction of sp³-hybridized carbons (Fsp3) is 0.0400. The smallest absolute Gasteiger partial charge is 0.263 e. The number of carbonyl (C=O) groups is 1. The molecule has 0 radical (unpaired) electrons. The van der Waals surface area contributed by atoms with Crippen molar-refractivity contribution in [1.82, 2.24) is 9.55 Å². The molecule has 0 saturated heterocycles. The van der Waals surface area contributed by atoms with Gasteiger partial charge in [0.1, 0.15) is 0 Å². The van der Waals surface area contributed by atoms with E-state index in [1.807, 2.05) is 30.3 Å². The molecule has 0 saturated carbocycles. The molecule has 31 heavy (non-hydrogen) atoms. The molecule has 0 fully saturated rings. The number of hydrogen-bond donors (Lipinski definition) is 1. The van der Waals surface area contributed by atoms with Gasteiger partial charge in [-0.2, -0.15) is 5.26 Å². The number of nitrogens with zero attached hydrogens (tertiary/aromatic N) is 3. The number of hydrogen-bond acceptors (Lipinski definition) is 4. The summed E-state index contributed by atoms with van der Waals surface area (Å²) in [6, 6.07) is 23.6. The van der Waals surface area contributed by atoms with Gasteiger partial charge in [0.15, 0.2) is 0 Å². The summed E-state index contributed by atoms with van der Waals surface area (Å²) in [5.74, 6) is -0.222. The van der Waals surface area contributed by atoms with Crippen molar-refractivity contribution in [2.45, 2.75) is 6.92 Å². The van der Waals surface area contributed by atoms with Gasteiger partial charge >= 0.3 is 0 Å². The van der Waals surface area contributed by atoms with Gasteiger partial charge in [-0.05, 0) is 36.4 Å². The van der Waals surface area contributed by atoms with Crippen LogP contribution in [0.25, 0.3) is 28.1 Å². The minimum Gasteiger partial charge on any atom is -0.324 e. The first-order valence-corrected chi connectivity index (χ1v) is 9.63. The number of rotatable bonds is 4. The molecule has 150 valence electrons. The van der Waals surface area contributed by atoms with Gasteiger partial charge in [-0.15, -0.1) is 0 Å². The van der Waals surface area contributed by atoms with E-state index in [4.69, 9.17) is 0 Å². The van der Waals surface area contributed by atoms with Crippen LogP contribution in [0.15, 0.2) is 90.0 Å². The molecule has 2 aromatic carbocycles. The third kappa shape index (κ3) is 3.98. The zero-order chi connectivity index (χ0) is 21.8. The quantitative estimate of drug-likeness (QED) is 0.544. The Bertz CT molecular complexity index is 1370. The molecule has 0 aliphatic rings. The maximum atomic E-state index is 13.4. The average molecular weight is 406 g/mol. The largest absolute Gasteiger partial charge is 0.324 e. The van der Waals surface area contributed by atoms with Gasteiger partial charge in [0.05, 0.1) is 23.0 Å². The highest BCUT2D eigenvalue weighted by Crippen LogP contribution is 2.30. The van der Waals surface area contributed by atoms with Gasteiger partial charge < -0.3 is 5.32 Å². The molecule has 2 heterocycles. The molecule has 6 nitrogen and oxygen atoms in total. The van der Waals surface area contributed by atoms with Gasteiger partial charge in [0.25, 0.3) is 5.56 Å². The minimum atomic E-state index is -0.255. The molecule has 1 amide bonds. The molecule has 0 atom stereocenters. The first-order valence-electron chi connectivity index (χ1n) is 9.63. The van der Waals surface area contributed by atoms with Gasteiger partial charge in [-0.1, -0.05) is 36.4 Å². The maximum Gasteiger partial charge on any atom is 0.263 e. The Morgan fingerprint density at radius 2 is 1.74 bits per heavy atom. The lowest BCUT2D eigenvalue weighted by Crippen LogP contribution is -2.20. The zero-order valence-corrected chi connectivity index (χ0v) is 16.7. The molecule has 0 unspecified atom stereocenters. The fourth-order valence-electron chi connectivity index (χ4n) is 3.43. The van der Waals surface area contributed by atoms with Crippen molar-refractivity contribution in [2.75, 3.05) is 5.32 Å². The Balaban J connectivity index is 2.04. The lowest BCUT2D eigenvalue weighted by molar-refractivity contribution is -0.114. The lowest BCUT2D eigenvalue weighted by Gasteiger charge is -2.15. The van der Waals surface area contributed by atoms with E-state index >= 15 is 0 Å². The number of pyridine rings is 2. The van der Waals surface area contributed by atoms with Crippen LogP contribution in [0.5, 0.6) is 0 Å². The maximum absolute atomic E-state index is 13.4. The van der Waals surface area contributed by atoms with Gasteiger partial charge in [-0.3, -0.25) is 19.1 Å². The SMILES string of the molecule is CC(=O)Nc1cccnc1-c1cc(-c2ccccc2C#N)c(=O)n(-c2ccccc2)c1. The van der Waals surface area contributed by atoms with E-state index in [-0.39, 0.29) is 11.5 Å². The minimum absolute atomic E-state index is 0.222. The Kier molecular flexibility index (Phi) is 5.41. The average Bonchev–Trinajstić information content (AvgIpc) is 2.80. The van der Waals surface area contributed by atoms with E-state index in [0.717, 1.165) is 0 Å². The molecular weight excluding hydrogens is 388 g/mol. The van der Waals surface area contributed by atoms with Crippen molar-refractivity contribution in [3.8, 4) is 34.1 Å². The summed E-state index contributed by atoms with van der Waals surface area (Å²) in [6.07, 6.45) is 3.32. The highest BCUT2D eigenvalue weighted by Gasteiger charge is 2.16. The molecule has 0 aliphatic carbocycles. The number of amides is 1. The predicted octanol–water partition coefficient (Wildman–Crippen LogP) is 4.40. The Morgan fingerprint density at radius 1 is 1.00 bits per heavy atom. The van der Waals surface area contributed by atoms with Crippen molar-refractivity contribution in [3.63, 3.8) is 0 Å². The van der Waals surface area contributed by atoms with Crippen LogP contribution in [-0.4, -0.2) is 15.5 Å². The van der Waals surface area contributed by atoms with Gasteiger partial charge in [0, 0.05) is 41.7 Å². The molecule has 4 rings (SSSR count). The number of aromatic nitrogens is 2. The predicted molar refractivity (Wildman–Crippen MR) is 120 cm³/mol. The first kappa shape index (κ1) is 19.8. The highest BCUT2D eigenvalue weighted by atomic mass is 16.1. The molecule has 2 aromatic heterocycles. The van der Waals surface area contributed by atoms with Crippen LogP contribution >= 0.6 is 0 Å². The number of nitriles is 1. The second-order valence-corrected chi connectivity index (χ2v) is 6.89. The number of benzene rings is 2. The van der Waals surface area contributed by atoms with Crippen molar-refractivity contribution >= 4 is 11.6 Å². The standard InChI is InChI=1S/C25H18N4O2/c1-17(30)28-23-12-7-13-27-24(23)19-14-22(21-11-6-5-8-18(21)15-26)25(31)29(16-19)20-9-3-2-4-10-20/h2-14,16H,1H3,(H,28,30). The lowest BCUT2D eigenvalue weighted by atomic mass is 9.99. The van der Waals surface area contributed by atoms with Crippen LogP contribution in [0.1, 0.15) is 12.5 Å². The van der Waals surface area contributed by atoms with Crippen molar-refractivity contribution in [1.29, 1.82) is 5.26 Å². The number of nitrogens with one attached hydrogen (secondary N) is 1. The van der Waals surface area contributed by atoms with Crippen LogP contribution in [-0.2, 0) is 4.79 Å². The molecular formula is C25H18N4O2. The Labute approximate surface area is 179 Å². The second-order valence-electron chi connectivity index (χ2n) is 6.89. The van der Waals surface area contributed by atoms with Gasteiger partial charge in [-0.25, -0.2) is 0 Å². The third-order valence-corrected chi connectivity index (χ3v) is 4.78. The Morgan fingerprint density at radius 3 is 2.48 bits per heavy atom. The fourth-order valence-corrected chi connectivity index (χ4v) is 3.43. The zero-order valence-electron chi connectivity index (χ0n) is 16.7. The third-order valence-electron chi connectivity index (χ3n) is 4.78. The van der Waals surface area contributed by atoms with Crippen LogP contribution in [0.2, 0.25) is 0 Å². The highest BCUT2D eigenvalue weighted by molar-refractivity contribution is 5.93. The van der Waals surface area contributed by atoms with E-state index in [1.54, 1.807) is 54.9 Å². The molecule has 1 N–H and O–H groups in total. The number of para-hydroxylation sites is 1. The molecule has 0 aliphatic heterocycles. The van der Waals surface area contributed by atoms with Crippen LogP contribution in [0.3, 0.4) is 0 Å². The number of anilines is 1. The summed E-state index contributed by atoms with van der Waals surface area (Å²) < 4.78 is 1.53. The van der Waals surface area contributed by atoms with Crippen molar-refractivity contribution in [3.05, 3.63) is 101 Å². The van der Waals surface area contributed by atoms with Crippen molar-refractivity contribution in [2.24, 2.45) is 0 Å². The summed E-state index contributed by atoms with van der Waals surface area (Å²) in [7, 11) is 0. The first-order chi connectivity index (χ1) is 15.1. The molecule has 0 spiro atoms. The summed E-state index contributed by atoms with van der Waals surface area (Å²) in [5, 5.41) is 12.4. The van der Waals surface area contributed by atoms with Crippen LogP contribution in [0, 0.1) is 11.3 Å². The van der Waals surface area contributed by atoms with E-state index in [2.05, 4.69) is 16.4 Å². The normalized spacial score (nSPS) is 10.3. The summed E-state index contributed by atoms with van der Waals surface area (Å²) in [5.41, 5.74) is 3.44. The topological polar surface area (TPSA) is 87.8 Å². The van der Waals surface area contributed by atoms with E-state index in [1.165, 1.54) is 11.5 Å². The summed E-state index contributed by atoms with van der Waals surface area (Å²) in [6.45, 7) is 1.43.